The summed E-state index contributed by atoms with van der Waals surface area (Å²) >= 11 is 3.33. The number of carbonyl (C=O) groups excluding carboxylic acids is 2. The molecule has 0 unspecified atom stereocenters. The number of halogens is 1. The average molecular weight is 403 g/mol. The fraction of sp³-hybridized carbons (Fsp3) is 0.467. The number of rotatable bonds is 5. The molecule has 8 heteroatoms. The van der Waals surface area contributed by atoms with Gasteiger partial charge in [-0.15, -0.1) is 0 Å². The van der Waals surface area contributed by atoms with Crippen molar-refractivity contribution in [3.63, 3.8) is 0 Å². The van der Waals surface area contributed by atoms with Crippen molar-refractivity contribution in [3.8, 4) is 0 Å². The standard InChI is InChI=1S/C15H19BrN2O4S/c1-2-18(15(20)12-5-3-4-6-13(12)16)9-14(19)17-11-7-8-23(21,22)10-11/h3-6,11H,2,7-10H2,1H3,(H,17,19)/t11-/m0/s1. The number of nitrogens with zero attached hydrogens (tertiary/aromatic N) is 1. The molecule has 0 aromatic heterocycles. The molecule has 0 saturated carbocycles. The molecule has 1 aromatic rings. The van der Waals surface area contributed by atoms with Gasteiger partial charge >= 0.3 is 0 Å². The van der Waals surface area contributed by atoms with E-state index in [-0.39, 0.29) is 35.9 Å². The van der Waals surface area contributed by atoms with Gasteiger partial charge in [0, 0.05) is 17.1 Å². The van der Waals surface area contributed by atoms with Crippen LogP contribution in [0, 0.1) is 0 Å². The lowest BCUT2D eigenvalue weighted by atomic mass is 10.2. The van der Waals surface area contributed by atoms with E-state index in [2.05, 4.69) is 21.2 Å². The summed E-state index contributed by atoms with van der Waals surface area (Å²) in [6.07, 6.45) is 0.429. The number of amides is 2. The third kappa shape index (κ3) is 4.78. The second-order valence-corrected chi connectivity index (χ2v) is 8.55. The fourth-order valence-electron chi connectivity index (χ4n) is 2.49. The van der Waals surface area contributed by atoms with Gasteiger partial charge in [-0.1, -0.05) is 12.1 Å². The molecule has 1 aliphatic rings. The number of benzene rings is 1. The van der Waals surface area contributed by atoms with Crippen molar-refractivity contribution >= 4 is 37.6 Å². The number of hydrogen-bond acceptors (Lipinski definition) is 4. The molecule has 2 rings (SSSR count). The van der Waals surface area contributed by atoms with Crippen LogP contribution in [0.1, 0.15) is 23.7 Å². The summed E-state index contributed by atoms with van der Waals surface area (Å²) in [5, 5.41) is 2.70. The van der Waals surface area contributed by atoms with E-state index in [0.29, 0.717) is 23.0 Å². The second-order valence-electron chi connectivity index (χ2n) is 5.47. The first-order valence-corrected chi connectivity index (χ1v) is 9.97. The summed E-state index contributed by atoms with van der Waals surface area (Å²) in [6.45, 7) is 2.09. The normalized spacial score (nSPS) is 19.3. The van der Waals surface area contributed by atoms with Crippen LogP contribution in [0.2, 0.25) is 0 Å². The van der Waals surface area contributed by atoms with Gasteiger partial charge in [0.2, 0.25) is 5.91 Å². The zero-order valence-electron chi connectivity index (χ0n) is 12.8. The lowest BCUT2D eigenvalue weighted by Crippen LogP contribution is -2.44. The van der Waals surface area contributed by atoms with Crippen molar-refractivity contribution in [2.24, 2.45) is 0 Å². The van der Waals surface area contributed by atoms with E-state index in [1.807, 2.05) is 6.07 Å². The van der Waals surface area contributed by atoms with Crippen molar-refractivity contribution < 1.29 is 18.0 Å². The van der Waals surface area contributed by atoms with Crippen LogP contribution in [0.5, 0.6) is 0 Å². The molecule has 1 aromatic carbocycles. The van der Waals surface area contributed by atoms with E-state index >= 15 is 0 Å². The number of carbonyl (C=O) groups is 2. The summed E-state index contributed by atoms with van der Waals surface area (Å²) in [4.78, 5) is 26.0. The maximum Gasteiger partial charge on any atom is 0.255 e. The zero-order chi connectivity index (χ0) is 17.0. The Hall–Kier alpha value is -1.41. The SMILES string of the molecule is CCN(CC(=O)N[C@H]1CCS(=O)(=O)C1)C(=O)c1ccccc1Br. The molecule has 0 aliphatic carbocycles. The molecule has 1 aliphatic heterocycles. The molecule has 1 atom stereocenters. The highest BCUT2D eigenvalue weighted by molar-refractivity contribution is 9.10. The van der Waals surface area contributed by atoms with Crippen LogP contribution >= 0.6 is 15.9 Å². The molecule has 2 amide bonds. The second kappa shape index (κ2) is 7.44. The predicted molar refractivity (Wildman–Crippen MR) is 90.9 cm³/mol. The number of hydrogen-bond donors (Lipinski definition) is 1. The zero-order valence-corrected chi connectivity index (χ0v) is 15.2. The van der Waals surface area contributed by atoms with Crippen LogP contribution in [0.25, 0.3) is 0 Å². The van der Waals surface area contributed by atoms with Crippen LogP contribution in [0.3, 0.4) is 0 Å². The maximum absolute atomic E-state index is 12.5. The minimum Gasteiger partial charge on any atom is -0.351 e. The highest BCUT2D eigenvalue weighted by Crippen LogP contribution is 2.18. The van der Waals surface area contributed by atoms with Crippen LogP contribution in [-0.4, -0.2) is 55.8 Å². The quantitative estimate of drug-likeness (QED) is 0.802. The van der Waals surface area contributed by atoms with Crippen LogP contribution in [0.15, 0.2) is 28.7 Å². The highest BCUT2D eigenvalue weighted by Gasteiger charge is 2.29. The molecular weight excluding hydrogens is 384 g/mol. The van der Waals surface area contributed by atoms with Gasteiger partial charge in [0.25, 0.3) is 5.91 Å². The van der Waals surface area contributed by atoms with Crippen molar-refractivity contribution in [2.45, 2.75) is 19.4 Å². The molecule has 126 valence electrons. The molecule has 23 heavy (non-hydrogen) atoms. The minimum atomic E-state index is -3.04. The Morgan fingerprint density at radius 1 is 1.35 bits per heavy atom. The summed E-state index contributed by atoms with van der Waals surface area (Å²) < 4.78 is 23.5. The predicted octanol–water partition coefficient (Wildman–Crippen LogP) is 1.21. The van der Waals surface area contributed by atoms with Crippen LogP contribution in [0.4, 0.5) is 0 Å². The Bertz CT molecular complexity index is 705. The van der Waals surface area contributed by atoms with E-state index in [9.17, 15) is 18.0 Å². The molecule has 6 nitrogen and oxygen atoms in total. The topological polar surface area (TPSA) is 83.6 Å². The van der Waals surface area contributed by atoms with Crippen molar-refractivity contribution in [2.75, 3.05) is 24.6 Å². The number of likely N-dealkylation sites (N-methyl/N-ethyl adjacent to an activating group) is 1. The maximum atomic E-state index is 12.5. The van der Waals surface area contributed by atoms with E-state index in [0.717, 1.165) is 0 Å². The molecule has 1 saturated heterocycles. The van der Waals surface area contributed by atoms with Gasteiger partial charge in [-0.25, -0.2) is 8.42 Å². The lowest BCUT2D eigenvalue weighted by Gasteiger charge is -2.22. The summed E-state index contributed by atoms with van der Waals surface area (Å²) in [5.74, 6) is -0.502. The molecule has 1 fully saturated rings. The first-order valence-electron chi connectivity index (χ1n) is 7.36. The molecular formula is C15H19BrN2O4S. The Labute approximate surface area is 144 Å². The molecule has 0 radical (unpaired) electrons. The van der Waals surface area contributed by atoms with E-state index < -0.39 is 9.84 Å². The summed E-state index contributed by atoms with van der Waals surface area (Å²) in [7, 11) is -3.04. The third-order valence-electron chi connectivity index (χ3n) is 3.71. The lowest BCUT2D eigenvalue weighted by molar-refractivity contribution is -0.122. The Balaban J connectivity index is 1.98. The Kier molecular flexibility index (Phi) is 5.80. The number of sulfone groups is 1. The van der Waals surface area contributed by atoms with Gasteiger partial charge in [0.05, 0.1) is 23.6 Å². The van der Waals surface area contributed by atoms with E-state index in [1.54, 1.807) is 25.1 Å². The molecule has 1 N–H and O–H groups in total. The van der Waals surface area contributed by atoms with E-state index in [4.69, 9.17) is 0 Å². The van der Waals surface area contributed by atoms with Gasteiger partial charge in [0.1, 0.15) is 0 Å². The van der Waals surface area contributed by atoms with Crippen LogP contribution < -0.4 is 5.32 Å². The number of nitrogens with one attached hydrogen (secondary N) is 1. The van der Waals surface area contributed by atoms with Crippen LogP contribution in [-0.2, 0) is 14.6 Å². The van der Waals surface area contributed by atoms with Gasteiger partial charge in [-0.05, 0) is 41.4 Å². The van der Waals surface area contributed by atoms with Gasteiger partial charge in [0.15, 0.2) is 9.84 Å². The van der Waals surface area contributed by atoms with Crippen molar-refractivity contribution in [1.82, 2.24) is 10.2 Å². The minimum absolute atomic E-state index is 0.0248. The monoisotopic (exact) mass is 402 g/mol. The summed E-state index contributed by atoms with van der Waals surface area (Å²) in [5.41, 5.74) is 0.491. The Morgan fingerprint density at radius 2 is 2.04 bits per heavy atom. The van der Waals surface area contributed by atoms with Gasteiger partial charge in [-0.3, -0.25) is 9.59 Å². The first kappa shape index (κ1) is 17.9. The van der Waals surface area contributed by atoms with E-state index in [1.165, 1.54) is 4.90 Å². The largest absolute Gasteiger partial charge is 0.351 e. The molecule has 0 spiro atoms. The van der Waals surface area contributed by atoms with Crippen molar-refractivity contribution in [3.05, 3.63) is 34.3 Å². The molecule has 0 bridgehead atoms. The highest BCUT2D eigenvalue weighted by atomic mass is 79.9. The average Bonchev–Trinajstić information content (AvgIpc) is 2.83. The smallest absolute Gasteiger partial charge is 0.255 e. The first-order chi connectivity index (χ1) is 10.8. The fourth-order valence-corrected chi connectivity index (χ4v) is 4.62. The Morgan fingerprint density at radius 3 is 2.61 bits per heavy atom. The third-order valence-corrected chi connectivity index (χ3v) is 6.16. The summed E-state index contributed by atoms with van der Waals surface area (Å²) in [6, 6.07) is 6.67. The molecule has 1 heterocycles. The van der Waals surface area contributed by atoms with Crippen molar-refractivity contribution in [1.29, 1.82) is 0 Å². The van der Waals surface area contributed by atoms with Gasteiger partial charge < -0.3 is 10.2 Å². The van der Waals surface area contributed by atoms with Gasteiger partial charge in [-0.2, -0.15) is 0 Å².